The number of sulfonamides is 1. The standard InChI is InChI=1S/C26H31FN2O5S2/c1-4-14-29(36(31,32)23-10-8-21(27)9-11-23)19-26(30)28(18-22-6-5-16-35-22)15-13-20-7-12-24(33-2)25(17-20)34-3/h5-12,16-17H,4,13-15,18-19H2,1-3H3. The van der Waals surface area contributed by atoms with Crippen LogP contribution in [0.15, 0.2) is 64.9 Å². The highest BCUT2D eigenvalue weighted by molar-refractivity contribution is 7.89. The van der Waals surface area contributed by atoms with Crippen LogP contribution in [-0.4, -0.2) is 57.4 Å². The van der Waals surface area contributed by atoms with E-state index in [-0.39, 0.29) is 23.9 Å². The van der Waals surface area contributed by atoms with E-state index in [0.29, 0.717) is 37.4 Å². The topological polar surface area (TPSA) is 76.2 Å². The first-order chi connectivity index (χ1) is 17.3. The zero-order valence-electron chi connectivity index (χ0n) is 20.6. The molecule has 0 radical (unpaired) electrons. The molecule has 0 aliphatic carbocycles. The molecule has 7 nitrogen and oxygen atoms in total. The SMILES string of the molecule is CCCN(CC(=O)N(CCc1ccc(OC)c(OC)c1)Cc1cccs1)S(=O)(=O)c1ccc(F)cc1. The Kier molecular flexibility index (Phi) is 9.86. The van der Waals surface area contributed by atoms with E-state index in [9.17, 15) is 17.6 Å². The van der Waals surface area contributed by atoms with Gasteiger partial charge in [0.1, 0.15) is 5.82 Å². The van der Waals surface area contributed by atoms with Crippen molar-refractivity contribution in [2.24, 2.45) is 0 Å². The van der Waals surface area contributed by atoms with Crippen molar-refractivity contribution in [1.29, 1.82) is 0 Å². The Morgan fingerprint density at radius 2 is 1.72 bits per heavy atom. The number of hydrogen-bond acceptors (Lipinski definition) is 6. The van der Waals surface area contributed by atoms with Crippen molar-refractivity contribution < 1.29 is 27.1 Å². The van der Waals surface area contributed by atoms with Crippen LogP contribution < -0.4 is 9.47 Å². The summed E-state index contributed by atoms with van der Waals surface area (Å²) in [6, 6.07) is 14.1. The van der Waals surface area contributed by atoms with Gasteiger partial charge in [-0.2, -0.15) is 4.31 Å². The zero-order chi connectivity index (χ0) is 26.1. The summed E-state index contributed by atoms with van der Waals surface area (Å²) < 4.78 is 51.7. The number of nitrogens with zero attached hydrogens (tertiary/aromatic N) is 2. The van der Waals surface area contributed by atoms with E-state index in [1.807, 2.05) is 42.6 Å². The van der Waals surface area contributed by atoms with Gasteiger partial charge >= 0.3 is 0 Å². The van der Waals surface area contributed by atoms with E-state index in [2.05, 4.69) is 0 Å². The highest BCUT2D eigenvalue weighted by atomic mass is 32.2. The lowest BCUT2D eigenvalue weighted by Crippen LogP contribution is -2.43. The van der Waals surface area contributed by atoms with Crippen LogP contribution in [0.4, 0.5) is 4.39 Å². The van der Waals surface area contributed by atoms with Gasteiger partial charge in [-0.1, -0.05) is 19.1 Å². The minimum absolute atomic E-state index is 0.0414. The summed E-state index contributed by atoms with van der Waals surface area (Å²) in [5.41, 5.74) is 0.959. The van der Waals surface area contributed by atoms with Crippen molar-refractivity contribution in [2.45, 2.75) is 31.2 Å². The smallest absolute Gasteiger partial charge is 0.243 e. The maximum absolute atomic E-state index is 13.5. The zero-order valence-corrected chi connectivity index (χ0v) is 22.3. The third-order valence-electron chi connectivity index (χ3n) is 5.63. The van der Waals surface area contributed by atoms with Crippen LogP contribution in [-0.2, 0) is 27.8 Å². The van der Waals surface area contributed by atoms with Crippen molar-refractivity contribution in [2.75, 3.05) is 33.9 Å². The molecule has 0 atom stereocenters. The Bertz CT molecular complexity index is 1230. The summed E-state index contributed by atoms with van der Waals surface area (Å²) in [4.78, 5) is 16.1. The van der Waals surface area contributed by atoms with Crippen molar-refractivity contribution in [3.05, 3.63) is 76.2 Å². The first-order valence-electron chi connectivity index (χ1n) is 11.5. The minimum atomic E-state index is -3.96. The molecule has 0 spiro atoms. The molecule has 0 aliphatic heterocycles. The van der Waals surface area contributed by atoms with Crippen molar-refractivity contribution in [3.63, 3.8) is 0 Å². The van der Waals surface area contributed by atoms with Crippen molar-refractivity contribution in [1.82, 2.24) is 9.21 Å². The summed E-state index contributed by atoms with van der Waals surface area (Å²) in [6.07, 6.45) is 1.08. The summed E-state index contributed by atoms with van der Waals surface area (Å²) >= 11 is 1.54. The molecule has 10 heteroatoms. The average molecular weight is 535 g/mol. The number of rotatable bonds is 13. The summed E-state index contributed by atoms with van der Waals surface area (Å²) in [6.45, 7) is 2.49. The Morgan fingerprint density at radius 3 is 2.33 bits per heavy atom. The fraction of sp³-hybridized carbons (Fsp3) is 0.346. The van der Waals surface area contributed by atoms with Gasteiger partial charge in [0.05, 0.1) is 32.2 Å². The van der Waals surface area contributed by atoms with Gasteiger partial charge in [-0.05, 0) is 66.2 Å². The molecular weight excluding hydrogens is 503 g/mol. The van der Waals surface area contributed by atoms with Crippen molar-refractivity contribution in [3.8, 4) is 11.5 Å². The molecule has 36 heavy (non-hydrogen) atoms. The minimum Gasteiger partial charge on any atom is -0.493 e. The van der Waals surface area contributed by atoms with Gasteiger partial charge in [-0.15, -0.1) is 11.3 Å². The highest BCUT2D eigenvalue weighted by Crippen LogP contribution is 2.28. The van der Waals surface area contributed by atoms with Crippen LogP contribution >= 0.6 is 11.3 Å². The van der Waals surface area contributed by atoms with Crippen LogP contribution in [0, 0.1) is 5.82 Å². The molecule has 0 saturated carbocycles. The van der Waals surface area contributed by atoms with Gasteiger partial charge in [-0.25, -0.2) is 12.8 Å². The quantitative estimate of drug-likeness (QED) is 0.321. The third kappa shape index (κ3) is 7.05. The van der Waals surface area contributed by atoms with Crippen LogP contribution in [0.1, 0.15) is 23.8 Å². The average Bonchev–Trinajstić information content (AvgIpc) is 3.39. The molecule has 1 amide bonds. The van der Waals surface area contributed by atoms with E-state index in [1.54, 1.807) is 19.1 Å². The second-order valence-corrected chi connectivity index (χ2v) is 11.1. The fourth-order valence-corrected chi connectivity index (χ4v) is 5.92. The third-order valence-corrected chi connectivity index (χ3v) is 8.35. The van der Waals surface area contributed by atoms with Crippen LogP contribution in [0.5, 0.6) is 11.5 Å². The largest absolute Gasteiger partial charge is 0.493 e. The van der Waals surface area contributed by atoms with Crippen molar-refractivity contribution >= 4 is 27.3 Å². The number of hydrogen-bond donors (Lipinski definition) is 0. The molecule has 0 fully saturated rings. The summed E-state index contributed by atoms with van der Waals surface area (Å²) in [5.74, 6) is 0.395. The molecule has 3 aromatic rings. The van der Waals surface area contributed by atoms with E-state index in [0.717, 1.165) is 22.6 Å². The van der Waals surface area contributed by atoms with Crippen LogP contribution in [0.3, 0.4) is 0 Å². The fourth-order valence-electron chi connectivity index (χ4n) is 3.72. The second kappa shape index (κ2) is 12.8. The Balaban J connectivity index is 1.80. The maximum atomic E-state index is 13.5. The predicted octanol–water partition coefficient (Wildman–Crippen LogP) is 4.58. The van der Waals surface area contributed by atoms with E-state index in [4.69, 9.17) is 9.47 Å². The lowest BCUT2D eigenvalue weighted by Gasteiger charge is -2.27. The van der Waals surface area contributed by atoms with Gasteiger partial charge in [0.25, 0.3) is 0 Å². The lowest BCUT2D eigenvalue weighted by atomic mass is 10.1. The summed E-state index contributed by atoms with van der Waals surface area (Å²) in [7, 11) is -0.825. The molecule has 0 saturated heterocycles. The Labute approximate surface area is 216 Å². The Hall–Kier alpha value is -2.95. The number of ether oxygens (including phenoxy) is 2. The molecule has 0 N–H and O–H groups in total. The molecular formula is C26H31FN2O5S2. The number of carbonyl (C=O) groups is 1. The first kappa shape index (κ1) is 27.6. The first-order valence-corrected chi connectivity index (χ1v) is 13.9. The number of halogens is 1. The number of thiophene rings is 1. The molecule has 0 bridgehead atoms. The Morgan fingerprint density at radius 1 is 1.00 bits per heavy atom. The predicted molar refractivity (Wildman–Crippen MR) is 138 cm³/mol. The number of methoxy groups -OCH3 is 2. The van der Waals surface area contributed by atoms with Gasteiger partial charge in [0.15, 0.2) is 11.5 Å². The van der Waals surface area contributed by atoms with Gasteiger partial charge in [0.2, 0.25) is 15.9 Å². The molecule has 1 heterocycles. The monoisotopic (exact) mass is 534 g/mol. The molecule has 1 aromatic heterocycles. The van der Waals surface area contributed by atoms with Gasteiger partial charge < -0.3 is 14.4 Å². The lowest BCUT2D eigenvalue weighted by molar-refractivity contribution is -0.132. The molecule has 2 aromatic carbocycles. The van der Waals surface area contributed by atoms with Gasteiger partial charge in [-0.3, -0.25) is 4.79 Å². The normalized spacial score (nSPS) is 11.5. The summed E-state index contributed by atoms with van der Waals surface area (Å²) in [5, 5.41) is 1.94. The number of carbonyl (C=O) groups excluding carboxylic acids is 1. The molecule has 0 aliphatic rings. The van der Waals surface area contributed by atoms with E-state index >= 15 is 0 Å². The highest BCUT2D eigenvalue weighted by Gasteiger charge is 2.28. The molecule has 194 valence electrons. The maximum Gasteiger partial charge on any atom is 0.243 e. The molecule has 3 rings (SSSR count). The number of benzene rings is 2. The van der Waals surface area contributed by atoms with Gasteiger partial charge in [0, 0.05) is 18.0 Å². The number of amides is 1. The second-order valence-electron chi connectivity index (χ2n) is 8.13. The van der Waals surface area contributed by atoms with E-state index < -0.39 is 15.8 Å². The van der Waals surface area contributed by atoms with Crippen LogP contribution in [0.25, 0.3) is 0 Å². The molecule has 0 unspecified atom stereocenters. The van der Waals surface area contributed by atoms with Crippen LogP contribution in [0.2, 0.25) is 0 Å². The van der Waals surface area contributed by atoms with E-state index in [1.165, 1.54) is 27.8 Å².